The number of phenols is 1. The molecule has 0 unspecified atom stereocenters. The van der Waals surface area contributed by atoms with Crippen LogP contribution in [-0.4, -0.2) is 22.6 Å². The minimum atomic E-state index is -0.385. The molecule has 0 aliphatic heterocycles. The molecule has 0 radical (unpaired) electrons. The van der Waals surface area contributed by atoms with E-state index in [1.165, 1.54) is 12.1 Å². The highest BCUT2D eigenvalue weighted by atomic mass is 16.3. The lowest BCUT2D eigenvalue weighted by Gasteiger charge is -2.06. The number of aliphatic hydroxyl groups excluding tert-OH is 1. The van der Waals surface area contributed by atoms with Crippen molar-refractivity contribution in [2.75, 3.05) is 6.61 Å². The van der Waals surface area contributed by atoms with Gasteiger partial charge in [0.2, 0.25) is 0 Å². The van der Waals surface area contributed by atoms with Crippen LogP contribution >= 0.6 is 0 Å². The van der Waals surface area contributed by atoms with Crippen molar-refractivity contribution < 1.29 is 15.0 Å². The first kappa shape index (κ1) is 9.74. The van der Waals surface area contributed by atoms with E-state index in [2.05, 4.69) is 0 Å². The Morgan fingerprint density at radius 3 is 2.38 bits per heavy atom. The maximum absolute atomic E-state index is 11.4. The highest BCUT2D eigenvalue weighted by Crippen LogP contribution is 2.13. The molecule has 13 heavy (non-hydrogen) atoms. The number of aromatic hydroxyl groups is 1. The number of phenolic OH excluding ortho intramolecular Hbond substituents is 1. The quantitative estimate of drug-likeness (QED) is 0.687. The molecule has 0 aliphatic carbocycles. The molecule has 0 spiro atoms. The van der Waals surface area contributed by atoms with Gasteiger partial charge in [-0.25, -0.2) is 0 Å². The van der Waals surface area contributed by atoms with E-state index < -0.39 is 0 Å². The lowest BCUT2D eigenvalue weighted by atomic mass is 10.0. The molecule has 0 saturated heterocycles. The summed E-state index contributed by atoms with van der Waals surface area (Å²) in [6, 6.07) is 6.00. The smallest absolute Gasteiger partial charge is 0.167 e. The van der Waals surface area contributed by atoms with Crippen LogP contribution in [0.2, 0.25) is 0 Å². The number of ketones is 1. The molecule has 3 heteroatoms. The standard InChI is InChI=1S/C10H12O3/c1-7(6-11)10(13)8-2-4-9(12)5-3-8/h2-5,7,11-12H,6H2,1H3/t7-/m0/s1. The first-order valence-electron chi connectivity index (χ1n) is 4.09. The summed E-state index contributed by atoms with van der Waals surface area (Å²) in [5.41, 5.74) is 0.513. The van der Waals surface area contributed by atoms with E-state index in [0.717, 1.165) is 0 Å². The Kier molecular flexibility index (Phi) is 3.03. The van der Waals surface area contributed by atoms with Crippen molar-refractivity contribution in [3.8, 4) is 5.75 Å². The number of Topliss-reactive ketones (excluding diaryl/α,β-unsaturated/α-hetero) is 1. The van der Waals surface area contributed by atoms with Crippen molar-refractivity contribution in [1.29, 1.82) is 0 Å². The Bertz CT molecular complexity index is 290. The molecule has 0 bridgehead atoms. The van der Waals surface area contributed by atoms with Crippen molar-refractivity contribution >= 4 is 5.78 Å². The van der Waals surface area contributed by atoms with Gasteiger partial charge in [0.15, 0.2) is 5.78 Å². The summed E-state index contributed by atoms with van der Waals surface area (Å²) >= 11 is 0. The summed E-state index contributed by atoms with van der Waals surface area (Å²) in [5, 5.41) is 17.7. The Balaban J connectivity index is 2.83. The van der Waals surface area contributed by atoms with Crippen molar-refractivity contribution in [2.45, 2.75) is 6.92 Å². The van der Waals surface area contributed by atoms with Gasteiger partial charge < -0.3 is 10.2 Å². The molecule has 0 aliphatic rings. The first-order chi connectivity index (χ1) is 6.15. The average molecular weight is 180 g/mol. The second-order valence-corrected chi connectivity index (χ2v) is 2.99. The predicted molar refractivity (Wildman–Crippen MR) is 48.7 cm³/mol. The highest BCUT2D eigenvalue weighted by Gasteiger charge is 2.13. The number of carbonyl (C=O) groups is 1. The Morgan fingerprint density at radius 2 is 1.92 bits per heavy atom. The normalized spacial score (nSPS) is 12.5. The third-order valence-electron chi connectivity index (χ3n) is 1.87. The lowest BCUT2D eigenvalue weighted by Crippen LogP contribution is -2.14. The number of rotatable bonds is 3. The highest BCUT2D eigenvalue weighted by molar-refractivity contribution is 5.97. The first-order valence-corrected chi connectivity index (χ1v) is 4.09. The van der Waals surface area contributed by atoms with Crippen molar-refractivity contribution in [3.63, 3.8) is 0 Å². The maximum Gasteiger partial charge on any atom is 0.167 e. The molecule has 1 rings (SSSR count). The van der Waals surface area contributed by atoms with E-state index >= 15 is 0 Å². The Morgan fingerprint density at radius 1 is 1.38 bits per heavy atom. The van der Waals surface area contributed by atoms with E-state index in [1.54, 1.807) is 19.1 Å². The molecule has 0 saturated carbocycles. The van der Waals surface area contributed by atoms with Crippen molar-refractivity contribution in [3.05, 3.63) is 29.8 Å². The van der Waals surface area contributed by atoms with Crippen LogP contribution in [0, 0.1) is 5.92 Å². The molecular formula is C10H12O3. The van der Waals surface area contributed by atoms with Gasteiger partial charge in [-0.3, -0.25) is 4.79 Å². The fraction of sp³-hybridized carbons (Fsp3) is 0.300. The fourth-order valence-electron chi connectivity index (χ4n) is 0.993. The molecule has 0 aromatic heterocycles. The molecule has 0 amide bonds. The number of hydrogen-bond donors (Lipinski definition) is 2. The third-order valence-corrected chi connectivity index (χ3v) is 1.87. The zero-order valence-corrected chi connectivity index (χ0v) is 7.40. The van der Waals surface area contributed by atoms with Gasteiger partial charge in [0.25, 0.3) is 0 Å². The lowest BCUT2D eigenvalue weighted by molar-refractivity contribution is 0.0877. The molecule has 70 valence electrons. The predicted octanol–water partition coefficient (Wildman–Crippen LogP) is 1.20. The van der Waals surface area contributed by atoms with E-state index in [9.17, 15) is 4.79 Å². The van der Waals surface area contributed by atoms with E-state index in [0.29, 0.717) is 5.56 Å². The van der Waals surface area contributed by atoms with Gasteiger partial charge in [-0.2, -0.15) is 0 Å². The number of hydrogen-bond acceptors (Lipinski definition) is 3. The molecule has 2 N–H and O–H groups in total. The van der Waals surface area contributed by atoms with E-state index in [-0.39, 0.29) is 24.1 Å². The third kappa shape index (κ3) is 2.29. The molecule has 1 aromatic carbocycles. The second-order valence-electron chi connectivity index (χ2n) is 2.99. The number of carbonyl (C=O) groups excluding carboxylic acids is 1. The van der Waals surface area contributed by atoms with Gasteiger partial charge >= 0.3 is 0 Å². The summed E-state index contributed by atoms with van der Waals surface area (Å²) in [6.07, 6.45) is 0. The van der Waals surface area contributed by atoms with E-state index in [1.807, 2.05) is 0 Å². The zero-order valence-electron chi connectivity index (χ0n) is 7.40. The SMILES string of the molecule is C[C@@H](CO)C(=O)c1ccc(O)cc1. The van der Waals surface area contributed by atoms with Gasteiger partial charge in [-0.15, -0.1) is 0 Å². The van der Waals surface area contributed by atoms with Crippen LogP contribution in [0.5, 0.6) is 5.75 Å². The topological polar surface area (TPSA) is 57.5 Å². The summed E-state index contributed by atoms with van der Waals surface area (Å²) in [7, 11) is 0. The summed E-state index contributed by atoms with van der Waals surface area (Å²) < 4.78 is 0. The molecule has 3 nitrogen and oxygen atoms in total. The van der Waals surface area contributed by atoms with Crippen molar-refractivity contribution in [2.24, 2.45) is 5.92 Å². The van der Waals surface area contributed by atoms with Crippen LogP contribution in [0.4, 0.5) is 0 Å². The average Bonchev–Trinajstić information content (AvgIpc) is 2.17. The minimum absolute atomic E-state index is 0.109. The number of benzene rings is 1. The Hall–Kier alpha value is -1.35. The van der Waals surface area contributed by atoms with Crippen LogP contribution < -0.4 is 0 Å². The summed E-state index contributed by atoms with van der Waals surface area (Å²) in [4.78, 5) is 11.4. The van der Waals surface area contributed by atoms with Gasteiger partial charge in [0.1, 0.15) is 5.75 Å². The van der Waals surface area contributed by atoms with Crippen LogP contribution in [0.25, 0.3) is 0 Å². The maximum atomic E-state index is 11.4. The molecular weight excluding hydrogens is 168 g/mol. The van der Waals surface area contributed by atoms with Crippen LogP contribution in [0.3, 0.4) is 0 Å². The summed E-state index contributed by atoms with van der Waals surface area (Å²) in [5.74, 6) is -0.361. The van der Waals surface area contributed by atoms with Gasteiger partial charge in [-0.1, -0.05) is 6.92 Å². The van der Waals surface area contributed by atoms with Gasteiger partial charge in [0, 0.05) is 11.5 Å². The molecule has 1 aromatic rings. The largest absolute Gasteiger partial charge is 0.508 e. The molecule has 0 fully saturated rings. The zero-order chi connectivity index (χ0) is 9.84. The fourth-order valence-corrected chi connectivity index (χ4v) is 0.993. The second kappa shape index (κ2) is 4.05. The molecule has 0 heterocycles. The molecule has 1 atom stereocenters. The van der Waals surface area contributed by atoms with Crippen molar-refractivity contribution in [1.82, 2.24) is 0 Å². The summed E-state index contributed by atoms with van der Waals surface area (Å²) in [6.45, 7) is 1.51. The number of aliphatic hydroxyl groups is 1. The van der Waals surface area contributed by atoms with Crippen LogP contribution in [-0.2, 0) is 0 Å². The van der Waals surface area contributed by atoms with Gasteiger partial charge in [-0.05, 0) is 24.3 Å². The van der Waals surface area contributed by atoms with E-state index in [4.69, 9.17) is 10.2 Å². The van der Waals surface area contributed by atoms with Crippen LogP contribution in [0.1, 0.15) is 17.3 Å². The Labute approximate surface area is 76.6 Å². The van der Waals surface area contributed by atoms with Crippen LogP contribution in [0.15, 0.2) is 24.3 Å². The minimum Gasteiger partial charge on any atom is -0.508 e. The van der Waals surface area contributed by atoms with Gasteiger partial charge in [0.05, 0.1) is 6.61 Å². The monoisotopic (exact) mass is 180 g/mol.